The maximum Gasteiger partial charge on any atom is 0.254 e. The van der Waals surface area contributed by atoms with Crippen LogP contribution in [-0.4, -0.2) is 96.2 Å². The minimum absolute atomic E-state index is 0.0142. The van der Waals surface area contributed by atoms with Crippen molar-refractivity contribution in [2.75, 3.05) is 58.9 Å². The highest BCUT2D eigenvalue weighted by molar-refractivity contribution is 6.07. The van der Waals surface area contributed by atoms with Crippen molar-refractivity contribution in [1.29, 1.82) is 0 Å². The van der Waals surface area contributed by atoms with Gasteiger partial charge in [0.2, 0.25) is 11.8 Å². The number of hydrogen-bond donors (Lipinski definition) is 0. The summed E-state index contributed by atoms with van der Waals surface area (Å²) in [5.41, 5.74) is 0.711. The molecule has 0 bridgehead atoms. The highest BCUT2D eigenvalue weighted by Crippen LogP contribution is 2.25. The second kappa shape index (κ2) is 10.8. The average molecular weight is 477 g/mol. The molecule has 0 N–H and O–H groups in total. The van der Waals surface area contributed by atoms with Gasteiger partial charge < -0.3 is 14.7 Å². The molecule has 1 unspecified atom stereocenters. The Hall–Kier alpha value is -2.93. The molecule has 7 nitrogen and oxygen atoms in total. The first kappa shape index (κ1) is 23.8. The Bertz CT molecular complexity index is 1070. The Balaban J connectivity index is 1.15. The lowest BCUT2D eigenvalue weighted by molar-refractivity contribution is -0.139. The predicted molar refractivity (Wildman–Crippen MR) is 136 cm³/mol. The third-order valence-corrected chi connectivity index (χ3v) is 7.83. The minimum atomic E-state index is -0.149. The van der Waals surface area contributed by atoms with Gasteiger partial charge in [0.05, 0.1) is 12.5 Å². The van der Waals surface area contributed by atoms with Crippen molar-refractivity contribution in [2.45, 2.75) is 32.1 Å². The van der Waals surface area contributed by atoms with Gasteiger partial charge in [0, 0.05) is 57.9 Å². The van der Waals surface area contributed by atoms with Crippen LogP contribution in [0.2, 0.25) is 0 Å². The summed E-state index contributed by atoms with van der Waals surface area (Å²) < 4.78 is 0. The largest absolute Gasteiger partial charge is 0.342 e. The van der Waals surface area contributed by atoms with Crippen molar-refractivity contribution in [3.8, 4) is 0 Å². The zero-order valence-electron chi connectivity index (χ0n) is 20.5. The molecule has 0 radical (unpaired) electrons. The van der Waals surface area contributed by atoms with Crippen molar-refractivity contribution < 1.29 is 14.4 Å². The molecule has 3 aliphatic heterocycles. The van der Waals surface area contributed by atoms with Crippen LogP contribution in [-0.2, 0) is 9.59 Å². The van der Waals surface area contributed by atoms with E-state index < -0.39 is 0 Å². The molecule has 1 atom stereocenters. The van der Waals surface area contributed by atoms with E-state index in [2.05, 4.69) is 4.90 Å². The molecule has 3 amide bonds. The number of rotatable bonds is 4. The van der Waals surface area contributed by atoms with Gasteiger partial charge >= 0.3 is 0 Å². The van der Waals surface area contributed by atoms with Gasteiger partial charge in [-0.25, -0.2) is 0 Å². The topological polar surface area (TPSA) is 64.2 Å². The first-order valence-corrected chi connectivity index (χ1v) is 13.2. The lowest BCUT2D eigenvalue weighted by Gasteiger charge is -2.39. The summed E-state index contributed by atoms with van der Waals surface area (Å²) in [5, 5.41) is 2.02. The van der Waals surface area contributed by atoms with Crippen molar-refractivity contribution in [1.82, 2.24) is 19.6 Å². The fraction of sp³-hybridized carbons (Fsp3) is 0.536. The molecule has 0 saturated carbocycles. The molecule has 7 heteroatoms. The van der Waals surface area contributed by atoms with Crippen molar-refractivity contribution in [3.63, 3.8) is 0 Å². The summed E-state index contributed by atoms with van der Waals surface area (Å²) in [6, 6.07) is 13.8. The van der Waals surface area contributed by atoms with Gasteiger partial charge in [0.1, 0.15) is 0 Å². The van der Waals surface area contributed by atoms with Gasteiger partial charge in [-0.1, -0.05) is 36.4 Å². The number of piperidine rings is 2. The molecule has 5 rings (SSSR count). The van der Waals surface area contributed by atoms with Crippen LogP contribution in [0.3, 0.4) is 0 Å². The molecule has 35 heavy (non-hydrogen) atoms. The van der Waals surface area contributed by atoms with Gasteiger partial charge in [0.25, 0.3) is 5.91 Å². The SMILES string of the molecule is O=C(CN1CCN(C(=O)C2CCCN(C(=O)c3cccc4ccccc34)C2)CC1)N1CCCCC1. The quantitative estimate of drug-likeness (QED) is 0.681. The molecular formula is C28H36N4O3. The van der Waals surface area contributed by atoms with Crippen molar-refractivity contribution >= 4 is 28.5 Å². The molecular weight excluding hydrogens is 440 g/mol. The number of hydrogen-bond acceptors (Lipinski definition) is 4. The Morgan fingerprint density at radius 1 is 0.714 bits per heavy atom. The number of benzene rings is 2. The second-order valence-electron chi connectivity index (χ2n) is 10.2. The Morgan fingerprint density at radius 2 is 1.43 bits per heavy atom. The third-order valence-electron chi connectivity index (χ3n) is 7.83. The van der Waals surface area contributed by atoms with E-state index in [1.165, 1.54) is 6.42 Å². The van der Waals surface area contributed by atoms with Crippen LogP contribution in [0.4, 0.5) is 0 Å². The molecule has 186 valence electrons. The summed E-state index contributed by atoms with van der Waals surface area (Å²) in [7, 11) is 0. The van der Waals surface area contributed by atoms with Crippen LogP contribution in [0.15, 0.2) is 42.5 Å². The van der Waals surface area contributed by atoms with Crippen LogP contribution in [0.25, 0.3) is 10.8 Å². The van der Waals surface area contributed by atoms with Crippen LogP contribution in [0.1, 0.15) is 42.5 Å². The summed E-state index contributed by atoms with van der Waals surface area (Å²) in [5.74, 6) is 0.242. The van der Waals surface area contributed by atoms with Crippen molar-refractivity contribution in [3.05, 3.63) is 48.0 Å². The lowest BCUT2D eigenvalue weighted by atomic mass is 9.95. The summed E-state index contributed by atoms with van der Waals surface area (Å²) in [6.45, 7) is 6.17. The number of piperazine rings is 1. The maximum absolute atomic E-state index is 13.4. The first-order valence-electron chi connectivity index (χ1n) is 13.2. The summed E-state index contributed by atoms with van der Waals surface area (Å²) in [4.78, 5) is 47.3. The van der Waals surface area contributed by atoms with E-state index in [1.54, 1.807) is 0 Å². The Morgan fingerprint density at radius 3 is 2.23 bits per heavy atom. The van der Waals surface area contributed by atoms with E-state index in [0.717, 1.165) is 62.6 Å². The van der Waals surface area contributed by atoms with Gasteiger partial charge in [-0.3, -0.25) is 19.3 Å². The molecule has 3 heterocycles. The van der Waals surface area contributed by atoms with E-state index in [0.29, 0.717) is 38.3 Å². The van der Waals surface area contributed by atoms with E-state index in [9.17, 15) is 14.4 Å². The molecule has 3 aliphatic rings. The fourth-order valence-electron chi connectivity index (χ4n) is 5.76. The number of likely N-dealkylation sites (tertiary alicyclic amines) is 2. The zero-order valence-corrected chi connectivity index (χ0v) is 20.5. The summed E-state index contributed by atoms with van der Waals surface area (Å²) >= 11 is 0. The van der Waals surface area contributed by atoms with E-state index in [-0.39, 0.29) is 23.6 Å². The second-order valence-corrected chi connectivity index (χ2v) is 10.2. The van der Waals surface area contributed by atoms with Crippen molar-refractivity contribution in [2.24, 2.45) is 5.92 Å². The smallest absolute Gasteiger partial charge is 0.254 e. The number of carbonyl (C=O) groups is 3. The van der Waals surface area contributed by atoms with Gasteiger partial charge in [-0.15, -0.1) is 0 Å². The molecule has 0 aromatic heterocycles. The highest BCUT2D eigenvalue weighted by atomic mass is 16.2. The molecule has 0 spiro atoms. The van der Waals surface area contributed by atoms with Crippen LogP contribution in [0, 0.1) is 5.92 Å². The normalized spacial score (nSPS) is 21.8. The summed E-state index contributed by atoms with van der Waals surface area (Å²) in [6.07, 6.45) is 5.10. The number of carbonyl (C=O) groups excluding carboxylic acids is 3. The Labute approximate surface area is 207 Å². The lowest BCUT2D eigenvalue weighted by Crippen LogP contribution is -2.54. The first-order chi connectivity index (χ1) is 17.1. The maximum atomic E-state index is 13.4. The van der Waals surface area contributed by atoms with Crippen LogP contribution < -0.4 is 0 Å². The Kier molecular flexibility index (Phi) is 7.32. The molecule has 3 saturated heterocycles. The molecule has 2 aromatic carbocycles. The van der Waals surface area contributed by atoms with Crippen LogP contribution in [0.5, 0.6) is 0 Å². The number of fused-ring (bicyclic) bond motifs is 1. The molecule has 3 fully saturated rings. The predicted octanol–water partition coefficient (Wildman–Crippen LogP) is 2.85. The number of amides is 3. The fourth-order valence-corrected chi connectivity index (χ4v) is 5.76. The molecule has 2 aromatic rings. The molecule has 0 aliphatic carbocycles. The van der Waals surface area contributed by atoms with E-state index in [1.807, 2.05) is 57.2 Å². The minimum Gasteiger partial charge on any atom is -0.342 e. The van der Waals surface area contributed by atoms with Crippen LogP contribution >= 0.6 is 0 Å². The monoisotopic (exact) mass is 476 g/mol. The van der Waals surface area contributed by atoms with Gasteiger partial charge in [-0.05, 0) is 48.9 Å². The third kappa shape index (κ3) is 5.35. The highest BCUT2D eigenvalue weighted by Gasteiger charge is 2.33. The zero-order chi connectivity index (χ0) is 24.2. The average Bonchev–Trinajstić information content (AvgIpc) is 2.93. The van der Waals surface area contributed by atoms with Gasteiger partial charge in [0.15, 0.2) is 0 Å². The van der Waals surface area contributed by atoms with Gasteiger partial charge in [-0.2, -0.15) is 0 Å². The van der Waals surface area contributed by atoms with E-state index in [4.69, 9.17) is 0 Å². The van der Waals surface area contributed by atoms with E-state index >= 15 is 0 Å². The number of nitrogens with zero attached hydrogens (tertiary/aromatic N) is 4. The standard InChI is InChI=1S/C28H36N4O3/c33-26(30-13-4-1-5-14-30)21-29-16-18-31(19-17-29)27(34)23-10-7-15-32(20-23)28(35)25-12-6-9-22-8-2-3-11-24(22)25/h2-3,6,8-9,11-12,23H,1,4-5,7,10,13-21H2.